The molecule has 0 saturated heterocycles. The monoisotopic (exact) mass is 278 g/mol. The van der Waals surface area contributed by atoms with Gasteiger partial charge in [0.25, 0.3) is 0 Å². The van der Waals surface area contributed by atoms with Crippen LogP contribution in [0.15, 0.2) is 0 Å². The van der Waals surface area contributed by atoms with Crippen molar-refractivity contribution in [3.63, 3.8) is 0 Å². The molecule has 0 radical (unpaired) electrons. The quantitative estimate of drug-likeness (QED) is 0.599. The zero-order valence-electron chi connectivity index (χ0n) is 12.3. The molecule has 3 heteroatoms. The molecule has 0 aromatic heterocycles. The number of unbranched alkanes of at least 4 members (excludes halogenated alkanes) is 3. The second kappa shape index (κ2) is 7.24. The van der Waals surface area contributed by atoms with E-state index >= 15 is 0 Å². The van der Waals surface area contributed by atoms with Crippen LogP contribution in [0.3, 0.4) is 0 Å². The van der Waals surface area contributed by atoms with Crippen molar-refractivity contribution in [1.29, 1.82) is 0 Å². The minimum atomic E-state index is -0.588. The maximum Gasteiger partial charge on any atom is 0.136 e. The fourth-order valence-electron chi connectivity index (χ4n) is 3.40. The van der Waals surface area contributed by atoms with Gasteiger partial charge in [-0.25, -0.2) is 0 Å². The first kappa shape index (κ1) is 15.5. The van der Waals surface area contributed by atoms with Gasteiger partial charge in [-0.1, -0.05) is 38.0 Å². The maximum absolute atomic E-state index is 11.5. The van der Waals surface area contributed by atoms with Crippen molar-refractivity contribution in [2.24, 2.45) is 17.8 Å². The van der Waals surface area contributed by atoms with Crippen LogP contribution in [0.4, 0.5) is 0 Å². The van der Waals surface area contributed by atoms with Crippen molar-refractivity contribution in [3.8, 4) is 11.8 Å². The van der Waals surface area contributed by atoms with Crippen molar-refractivity contribution in [3.05, 3.63) is 0 Å². The molecule has 20 heavy (non-hydrogen) atoms. The summed E-state index contributed by atoms with van der Waals surface area (Å²) in [5.41, 5.74) is 0. The van der Waals surface area contributed by atoms with E-state index in [1.807, 2.05) is 0 Å². The Balaban J connectivity index is 1.82. The molecule has 5 atom stereocenters. The van der Waals surface area contributed by atoms with E-state index in [9.17, 15) is 15.0 Å². The van der Waals surface area contributed by atoms with Crippen molar-refractivity contribution in [2.75, 3.05) is 0 Å². The lowest BCUT2D eigenvalue weighted by atomic mass is 9.59. The van der Waals surface area contributed by atoms with Crippen molar-refractivity contribution in [2.45, 2.75) is 70.5 Å². The first-order valence-corrected chi connectivity index (χ1v) is 8.03. The summed E-state index contributed by atoms with van der Waals surface area (Å²) < 4.78 is 0. The Morgan fingerprint density at radius 2 is 2.10 bits per heavy atom. The molecule has 2 aliphatic rings. The summed E-state index contributed by atoms with van der Waals surface area (Å²) in [6.45, 7) is 2.16. The topological polar surface area (TPSA) is 57.5 Å². The number of carbonyl (C=O) groups is 1. The fraction of sp³-hybridized carbons (Fsp3) is 0.824. The van der Waals surface area contributed by atoms with Crippen LogP contribution in [0.1, 0.15) is 58.3 Å². The Labute approximate surface area is 121 Å². The zero-order chi connectivity index (χ0) is 14.5. The van der Waals surface area contributed by atoms with Gasteiger partial charge < -0.3 is 10.2 Å². The Bertz CT molecular complexity index is 393. The van der Waals surface area contributed by atoms with Crippen LogP contribution >= 0.6 is 0 Å². The smallest absolute Gasteiger partial charge is 0.136 e. The summed E-state index contributed by atoms with van der Waals surface area (Å²) in [5.74, 6) is 6.52. The molecule has 0 aliphatic heterocycles. The molecule has 112 valence electrons. The minimum Gasteiger partial charge on any atom is -0.392 e. The number of Topliss-reactive ketones (excluding diaryl/α,β-unsaturated/α-hetero) is 1. The molecule has 2 saturated carbocycles. The average molecular weight is 278 g/mol. The number of fused-ring (bicyclic) bond motifs is 1. The van der Waals surface area contributed by atoms with E-state index in [0.29, 0.717) is 25.0 Å². The molecule has 0 aromatic carbocycles. The van der Waals surface area contributed by atoms with E-state index in [4.69, 9.17) is 0 Å². The standard InChI is InChI=1S/C17H26O3/c1-2-3-4-5-6-12(18)7-8-13-15-11-17(20)14(15)9-10-16(13)19/h12-16,18-19H,2-6,9-11H2,1H3/t12-,13-,14+,15+,16-/m0/s1. The highest BCUT2D eigenvalue weighted by Gasteiger charge is 2.48. The molecule has 2 N–H and O–H groups in total. The van der Waals surface area contributed by atoms with Gasteiger partial charge in [-0.15, -0.1) is 0 Å². The van der Waals surface area contributed by atoms with Crippen LogP contribution in [-0.2, 0) is 4.79 Å². The van der Waals surface area contributed by atoms with Gasteiger partial charge >= 0.3 is 0 Å². The average Bonchev–Trinajstić information content (AvgIpc) is 2.42. The third-order valence-corrected chi connectivity index (χ3v) is 4.76. The van der Waals surface area contributed by atoms with E-state index in [1.54, 1.807) is 0 Å². The van der Waals surface area contributed by atoms with Gasteiger partial charge in [0.1, 0.15) is 11.9 Å². The molecule has 0 spiro atoms. The Morgan fingerprint density at radius 3 is 2.80 bits per heavy atom. The third-order valence-electron chi connectivity index (χ3n) is 4.76. The Kier molecular flexibility index (Phi) is 5.63. The highest BCUT2D eigenvalue weighted by molar-refractivity contribution is 5.87. The third kappa shape index (κ3) is 3.62. The largest absolute Gasteiger partial charge is 0.392 e. The van der Waals surface area contributed by atoms with Crippen molar-refractivity contribution < 1.29 is 15.0 Å². The number of aliphatic hydroxyl groups is 2. The maximum atomic E-state index is 11.5. The predicted octanol–water partition coefficient (Wildman–Crippen LogP) is 2.30. The SMILES string of the molecule is CCCCCC[C@H](O)C#C[C@H]1[C@H]2CC(=O)[C@@H]2CC[C@@H]1O. The second-order valence-corrected chi connectivity index (χ2v) is 6.27. The highest BCUT2D eigenvalue weighted by Crippen LogP contribution is 2.45. The van der Waals surface area contributed by atoms with E-state index in [2.05, 4.69) is 18.8 Å². The molecule has 2 aliphatic carbocycles. The Hall–Kier alpha value is -0.850. The summed E-state index contributed by atoms with van der Waals surface area (Å²) in [6.07, 6.45) is 6.26. The number of carbonyl (C=O) groups excluding carboxylic acids is 1. The summed E-state index contributed by atoms with van der Waals surface area (Å²) in [4.78, 5) is 11.5. The van der Waals surface area contributed by atoms with Crippen molar-refractivity contribution >= 4 is 5.78 Å². The summed E-state index contributed by atoms with van der Waals surface area (Å²) >= 11 is 0. The van der Waals surface area contributed by atoms with Gasteiger partial charge in [-0.05, 0) is 31.6 Å². The number of ketones is 1. The number of hydrogen-bond acceptors (Lipinski definition) is 3. The van der Waals surface area contributed by atoms with Gasteiger partial charge in [-0.3, -0.25) is 4.79 Å². The molecule has 2 fully saturated rings. The van der Waals surface area contributed by atoms with Crippen molar-refractivity contribution in [1.82, 2.24) is 0 Å². The second-order valence-electron chi connectivity index (χ2n) is 6.27. The molecule has 0 amide bonds. The Morgan fingerprint density at radius 1 is 1.30 bits per heavy atom. The zero-order valence-corrected chi connectivity index (χ0v) is 12.3. The van der Waals surface area contributed by atoms with E-state index in [0.717, 1.165) is 19.3 Å². The molecular formula is C17H26O3. The number of hydrogen-bond donors (Lipinski definition) is 2. The van der Waals surface area contributed by atoms with Crippen LogP contribution in [0, 0.1) is 29.6 Å². The van der Waals surface area contributed by atoms with E-state index in [1.165, 1.54) is 12.8 Å². The fourth-order valence-corrected chi connectivity index (χ4v) is 3.40. The van der Waals surface area contributed by atoms with E-state index < -0.39 is 12.2 Å². The molecule has 0 heterocycles. The van der Waals surface area contributed by atoms with Crippen LogP contribution in [0.5, 0.6) is 0 Å². The summed E-state index contributed by atoms with van der Waals surface area (Å²) in [7, 11) is 0. The van der Waals surface area contributed by atoms with Crippen LogP contribution in [0.2, 0.25) is 0 Å². The molecular weight excluding hydrogens is 252 g/mol. The molecule has 0 aromatic rings. The van der Waals surface area contributed by atoms with Gasteiger partial charge in [0, 0.05) is 12.3 Å². The predicted molar refractivity (Wildman–Crippen MR) is 77.9 cm³/mol. The van der Waals surface area contributed by atoms with Crippen LogP contribution in [0.25, 0.3) is 0 Å². The number of aliphatic hydroxyl groups excluding tert-OH is 2. The lowest BCUT2D eigenvalue weighted by molar-refractivity contribution is -0.141. The summed E-state index contributed by atoms with van der Waals surface area (Å²) in [6, 6.07) is 0. The van der Waals surface area contributed by atoms with Crippen LogP contribution < -0.4 is 0 Å². The number of rotatable bonds is 5. The normalized spacial score (nSPS) is 33.6. The summed E-state index contributed by atoms with van der Waals surface area (Å²) in [5, 5.41) is 19.9. The van der Waals surface area contributed by atoms with Gasteiger partial charge in [0.15, 0.2) is 0 Å². The molecule has 2 rings (SSSR count). The first-order valence-electron chi connectivity index (χ1n) is 8.03. The lowest BCUT2D eigenvalue weighted by Crippen LogP contribution is -2.49. The van der Waals surface area contributed by atoms with Gasteiger partial charge in [0.05, 0.1) is 12.0 Å². The minimum absolute atomic E-state index is 0.114. The first-order chi connectivity index (χ1) is 9.63. The molecule has 0 bridgehead atoms. The van der Waals surface area contributed by atoms with E-state index in [-0.39, 0.29) is 17.8 Å². The van der Waals surface area contributed by atoms with Gasteiger partial charge in [0.2, 0.25) is 0 Å². The van der Waals surface area contributed by atoms with Crippen LogP contribution in [-0.4, -0.2) is 28.2 Å². The highest BCUT2D eigenvalue weighted by atomic mass is 16.3. The molecule has 3 nitrogen and oxygen atoms in total. The molecule has 0 unspecified atom stereocenters. The lowest BCUT2D eigenvalue weighted by Gasteiger charge is -2.44. The van der Waals surface area contributed by atoms with Gasteiger partial charge in [-0.2, -0.15) is 0 Å².